The highest BCUT2D eigenvalue weighted by atomic mass is 35.5. The van der Waals surface area contributed by atoms with E-state index in [0.717, 1.165) is 24.9 Å². The molecule has 1 heterocycles. The van der Waals surface area contributed by atoms with Gasteiger partial charge in [0.15, 0.2) is 0 Å². The number of halogens is 1. The summed E-state index contributed by atoms with van der Waals surface area (Å²) in [6.45, 7) is 6.93. The third-order valence-electron chi connectivity index (χ3n) is 2.81. The van der Waals surface area contributed by atoms with Gasteiger partial charge in [0.25, 0.3) is 5.91 Å². The van der Waals surface area contributed by atoms with Gasteiger partial charge in [-0.1, -0.05) is 38.3 Å². The van der Waals surface area contributed by atoms with Crippen LogP contribution in [-0.2, 0) is 0 Å². The predicted octanol–water partition coefficient (Wildman–Crippen LogP) is 3.88. The van der Waals surface area contributed by atoms with Crippen LogP contribution in [0.3, 0.4) is 0 Å². The van der Waals surface area contributed by atoms with Gasteiger partial charge in [0.1, 0.15) is 4.88 Å². The molecule has 0 aromatic carbocycles. The van der Waals surface area contributed by atoms with Crippen molar-refractivity contribution in [1.29, 1.82) is 0 Å². The molecule has 90 valence electrons. The lowest BCUT2D eigenvalue weighted by atomic mass is 10.0. The van der Waals surface area contributed by atoms with Crippen molar-refractivity contribution in [3.05, 3.63) is 20.8 Å². The third-order valence-corrected chi connectivity index (χ3v) is 4.51. The molecule has 0 fully saturated rings. The summed E-state index contributed by atoms with van der Waals surface area (Å²) in [6, 6.07) is 0. The molecule has 0 aliphatic carbocycles. The number of hydrogen-bond acceptors (Lipinski definition) is 2. The van der Waals surface area contributed by atoms with Gasteiger partial charge in [0.05, 0.1) is 5.02 Å². The number of amides is 1. The average Bonchev–Trinajstić information content (AvgIpc) is 2.61. The lowest BCUT2D eigenvalue weighted by molar-refractivity contribution is 0.0950. The molecule has 16 heavy (non-hydrogen) atoms. The molecular formula is C12H18ClNOS. The number of rotatable bonds is 5. The monoisotopic (exact) mass is 259 g/mol. The lowest BCUT2D eigenvalue weighted by Gasteiger charge is -2.12. The van der Waals surface area contributed by atoms with E-state index in [4.69, 9.17) is 11.6 Å². The molecule has 0 spiro atoms. The molecule has 2 nitrogen and oxygen atoms in total. The van der Waals surface area contributed by atoms with Crippen molar-refractivity contribution in [3.63, 3.8) is 0 Å². The first-order valence-corrected chi connectivity index (χ1v) is 6.87. The quantitative estimate of drug-likeness (QED) is 0.854. The van der Waals surface area contributed by atoms with Gasteiger partial charge in [-0.05, 0) is 23.8 Å². The smallest absolute Gasteiger partial charge is 0.262 e. The van der Waals surface area contributed by atoms with Crippen LogP contribution in [0.4, 0.5) is 0 Å². The van der Waals surface area contributed by atoms with Crippen molar-refractivity contribution in [1.82, 2.24) is 5.32 Å². The van der Waals surface area contributed by atoms with Crippen molar-refractivity contribution in [2.75, 3.05) is 6.54 Å². The van der Waals surface area contributed by atoms with E-state index < -0.39 is 0 Å². The van der Waals surface area contributed by atoms with Crippen molar-refractivity contribution in [3.8, 4) is 0 Å². The molecule has 1 rings (SSSR count). The molecule has 0 saturated heterocycles. The second-order valence-electron chi connectivity index (χ2n) is 3.95. The summed E-state index contributed by atoms with van der Waals surface area (Å²) < 4.78 is 0. The molecule has 0 radical (unpaired) electrons. The standard InChI is InChI=1S/C12H18ClNOS/c1-4-9(5-2)6-14-12(15)11-10(13)8(3)7-16-11/h7,9H,4-6H2,1-3H3,(H,14,15). The first-order valence-electron chi connectivity index (χ1n) is 5.61. The maximum absolute atomic E-state index is 11.8. The molecule has 0 bridgehead atoms. The summed E-state index contributed by atoms with van der Waals surface area (Å²) in [4.78, 5) is 12.5. The zero-order chi connectivity index (χ0) is 12.1. The van der Waals surface area contributed by atoms with Gasteiger partial charge in [-0.15, -0.1) is 11.3 Å². The Hall–Kier alpha value is -0.540. The summed E-state index contributed by atoms with van der Waals surface area (Å²) >= 11 is 7.44. The fourth-order valence-corrected chi connectivity index (χ4v) is 2.67. The van der Waals surface area contributed by atoms with Gasteiger partial charge in [-0.3, -0.25) is 4.79 Å². The number of aryl methyl sites for hydroxylation is 1. The first-order chi connectivity index (χ1) is 7.60. The van der Waals surface area contributed by atoms with Crippen LogP contribution in [0, 0.1) is 12.8 Å². The van der Waals surface area contributed by atoms with E-state index in [1.807, 2.05) is 12.3 Å². The number of thiophene rings is 1. The summed E-state index contributed by atoms with van der Waals surface area (Å²) in [5.74, 6) is 0.513. The molecule has 0 aliphatic heterocycles. The van der Waals surface area contributed by atoms with Crippen LogP contribution in [0.2, 0.25) is 5.02 Å². The Morgan fingerprint density at radius 2 is 2.12 bits per heavy atom. The van der Waals surface area contributed by atoms with E-state index in [0.29, 0.717) is 15.8 Å². The van der Waals surface area contributed by atoms with E-state index in [9.17, 15) is 4.79 Å². The minimum Gasteiger partial charge on any atom is -0.351 e. The van der Waals surface area contributed by atoms with E-state index >= 15 is 0 Å². The second-order valence-corrected chi connectivity index (χ2v) is 5.21. The highest BCUT2D eigenvalue weighted by Crippen LogP contribution is 2.26. The van der Waals surface area contributed by atoms with Crippen LogP contribution < -0.4 is 5.32 Å². The van der Waals surface area contributed by atoms with E-state index in [-0.39, 0.29) is 5.91 Å². The molecule has 0 aliphatic rings. The van der Waals surface area contributed by atoms with Crippen LogP contribution in [-0.4, -0.2) is 12.5 Å². The molecule has 1 aromatic heterocycles. The molecule has 0 unspecified atom stereocenters. The minimum atomic E-state index is -0.0463. The Morgan fingerprint density at radius 1 is 1.50 bits per heavy atom. The van der Waals surface area contributed by atoms with Crippen molar-refractivity contribution in [2.45, 2.75) is 33.6 Å². The number of carbonyl (C=O) groups is 1. The van der Waals surface area contributed by atoms with Crippen molar-refractivity contribution < 1.29 is 4.79 Å². The van der Waals surface area contributed by atoms with Gasteiger partial charge >= 0.3 is 0 Å². The second kappa shape index (κ2) is 6.26. The summed E-state index contributed by atoms with van der Waals surface area (Å²) in [5, 5.41) is 5.44. The van der Waals surface area contributed by atoms with E-state index in [2.05, 4.69) is 19.2 Å². The Labute approximate surface area is 106 Å². The van der Waals surface area contributed by atoms with Gasteiger partial charge < -0.3 is 5.32 Å². The molecule has 4 heteroatoms. The first kappa shape index (κ1) is 13.5. The largest absolute Gasteiger partial charge is 0.351 e. The molecule has 0 saturated carbocycles. The Kier molecular flexibility index (Phi) is 5.29. The third kappa shape index (κ3) is 3.22. The fraction of sp³-hybridized carbons (Fsp3) is 0.583. The highest BCUT2D eigenvalue weighted by molar-refractivity contribution is 7.13. The van der Waals surface area contributed by atoms with Crippen molar-refractivity contribution in [2.24, 2.45) is 5.92 Å². The minimum absolute atomic E-state index is 0.0463. The number of hydrogen-bond donors (Lipinski definition) is 1. The van der Waals surface area contributed by atoms with Crippen LogP contribution in [0.1, 0.15) is 41.9 Å². The van der Waals surface area contributed by atoms with Gasteiger partial charge in [0.2, 0.25) is 0 Å². The number of nitrogens with one attached hydrogen (secondary N) is 1. The number of carbonyl (C=O) groups excluding carboxylic acids is 1. The van der Waals surface area contributed by atoms with Crippen LogP contribution in [0.15, 0.2) is 5.38 Å². The molecule has 1 aromatic rings. The molecule has 1 amide bonds. The van der Waals surface area contributed by atoms with Crippen LogP contribution in [0.5, 0.6) is 0 Å². The van der Waals surface area contributed by atoms with Crippen molar-refractivity contribution >= 4 is 28.8 Å². The predicted molar refractivity (Wildman–Crippen MR) is 70.5 cm³/mol. The maximum Gasteiger partial charge on any atom is 0.262 e. The SMILES string of the molecule is CCC(CC)CNC(=O)c1scc(C)c1Cl. The summed E-state index contributed by atoms with van der Waals surface area (Å²) in [5.41, 5.74) is 0.972. The zero-order valence-corrected chi connectivity index (χ0v) is 11.5. The molecule has 0 atom stereocenters. The van der Waals surface area contributed by atoms with Gasteiger partial charge in [-0.2, -0.15) is 0 Å². The Morgan fingerprint density at radius 3 is 2.56 bits per heavy atom. The maximum atomic E-state index is 11.8. The summed E-state index contributed by atoms with van der Waals surface area (Å²) in [6.07, 6.45) is 2.18. The van der Waals surface area contributed by atoms with Gasteiger partial charge in [-0.25, -0.2) is 0 Å². The van der Waals surface area contributed by atoms with E-state index in [1.54, 1.807) is 0 Å². The normalized spacial score (nSPS) is 10.8. The van der Waals surface area contributed by atoms with Gasteiger partial charge in [0, 0.05) is 6.54 Å². The fourth-order valence-electron chi connectivity index (χ4n) is 1.48. The average molecular weight is 260 g/mol. The van der Waals surface area contributed by atoms with Crippen LogP contribution in [0.25, 0.3) is 0 Å². The van der Waals surface area contributed by atoms with Crippen LogP contribution >= 0.6 is 22.9 Å². The molecule has 1 N–H and O–H groups in total. The summed E-state index contributed by atoms with van der Waals surface area (Å²) in [7, 11) is 0. The lowest BCUT2D eigenvalue weighted by Crippen LogP contribution is -2.28. The topological polar surface area (TPSA) is 29.1 Å². The Bertz CT molecular complexity index is 358. The van der Waals surface area contributed by atoms with E-state index in [1.165, 1.54) is 11.3 Å². The highest BCUT2D eigenvalue weighted by Gasteiger charge is 2.15. The molecular weight excluding hydrogens is 242 g/mol. The Balaban J connectivity index is 2.56. The zero-order valence-electron chi connectivity index (χ0n) is 9.97.